The fraction of sp³-hybridized carbons (Fsp3) is 0.500. The maximum Gasteiger partial charge on any atom is 0.264 e. The molecule has 11 nitrogen and oxygen atoms in total. The molecular weight excluding hydrogens is 630 g/mol. The number of aromatic nitrogens is 2. The van der Waals surface area contributed by atoms with Gasteiger partial charge in [-0.15, -0.1) is 0 Å². The van der Waals surface area contributed by atoms with Crippen LogP contribution >= 0.6 is 0 Å². The van der Waals surface area contributed by atoms with E-state index in [1.165, 1.54) is 24.6 Å². The predicted octanol–water partition coefficient (Wildman–Crippen LogP) is 5.48. The quantitative estimate of drug-likeness (QED) is 0.363. The molecule has 2 fully saturated rings. The minimum Gasteiger partial charge on any atom is -0.451 e. The van der Waals surface area contributed by atoms with Gasteiger partial charge >= 0.3 is 0 Å². The molecule has 6 rings (SSSR count). The number of rotatable bonds is 5. The lowest BCUT2D eigenvalue weighted by atomic mass is 9.75. The number of anilines is 1. The smallest absolute Gasteiger partial charge is 0.264 e. The van der Waals surface area contributed by atoms with Crippen LogP contribution in [-0.2, 0) is 19.6 Å². The van der Waals surface area contributed by atoms with Gasteiger partial charge in [-0.1, -0.05) is 51.5 Å². The van der Waals surface area contributed by atoms with Gasteiger partial charge in [-0.3, -0.25) is 9.59 Å². The first kappa shape index (κ1) is 33.9. The summed E-state index contributed by atoms with van der Waals surface area (Å²) < 4.78 is 42.1. The molecule has 3 atom stereocenters. The molecule has 1 saturated carbocycles. The van der Waals surface area contributed by atoms with E-state index in [1.807, 2.05) is 32.0 Å². The first-order chi connectivity index (χ1) is 22.8. The Morgan fingerprint density at radius 3 is 2.48 bits per heavy atom. The highest BCUT2D eigenvalue weighted by Gasteiger charge is 2.41. The topological polar surface area (TPSA) is 140 Å². The van der Waals surface area contributed by atoms with Crippen LogP contribution in [0.4, 0.5) is 5.95 Å². The van der Waals surface area contributed by atoms with Crippen LogP contribution in [0.5, 0.6) is 5.88 Å². The molecule has 2 N–H and O–H groups in total. The molecule has 0 radical (unpaired) electrons. The average Bonchev–Trinajstić information content (AvgIpc) is 3.03. The Bertz CT molecular complexity index is 1780. The number of carbonyl (C=O) groups excluding carboxylic acids is 2. The second-order valence-electron chi connectivity index (χ2n) is 13.9. The van der Waals surface area contributed by atoms with Crippen LogP contribution in [0.1, 0.15) is 74.4 Å². The Morgan fingerprint density at radius 1 is 1.06 bits per heavy atom. The summed E-state index contributed by atoms with van der Waals surface area (Å²) >= 11 is 0. The van der Waals surface area contributed by atoms with E-state index in [1.54, 1.807) is 17.0 Å². The third-order valence-electron chi connectivity index (χ3n) is 10.0. The molecule has 3 heterocycles. The van der Waals surface area contributed by atoms with Crippen molar-refractivity contribution in [3.63, 3.8) is 0 Å². The van der Waals surface area contributed by atoms with Gasteiger partial charge in [-0.2, -0.15) is 4.98 Å². The monoisotopic (exact) mass is 675 g/mol. The molecule has 48 heavy (non-hydrogen) atoms. The molecule has 1 aliphatic carbocycles. The lowest BCUT2D eigenvalue weighted by Gasteiger charge is -2.42. The molecule has 3 aromatic rings. The number of piperidine rings is 1. The first-order valence-corrected chi connectivity index (χ1v) is 18.3. The summed E-state index contributed by atoms with van der Waals surface area (Å²) in [6.07, 6.45) is 3.88. The maximum absolute atomic E-state index is 13.6. The summed E-state index contributed by atoms with van der Waals surface area (Å²) in [7, 11) is -4.13. The standard InChI is InChI=1S/C36H45N5O6S/c1-22(2)28-13-12-23(3)18-30(28)46-21-32(42)41-16-14-36(15-17-41)39-34(43)26-10-7-11-27(19-26)48(44,45)40-35-37-29(20-31(38-35)47-36)33-24(4)8-6-9-25(33)5/h6-11,19-20,22-23,28,30H,12-18,21H2,1-5H3,(H,39,43)(H,37,38,40)/t23-,28?,30?/m1/s1. The molecule has 3 aliphatic rings. The Labute approximate surface area is 282 Å². The fourth-order valence-electron chi connectivity index (χ4n) is 7.28. The van der Waals surface area contributed by atoms with Crippen LogP contribution in [0.3, 0.4) is 0 Å². The van der Waals surface area contributed by atoms with Crippen molar-refractivity contribution >= 4 is 27.8 Å². The number of nitrogens with one attached hydrogen (secondary N) is 2. The highest BCUT2D eigenvalue weighted by molar-refractivity contribution is 7.92. The van der Waals surface area contributed by atoms with Crippen molar-refractivity contribution in [2.75, 3.05) is 24.4 Å². The highest BCUT2D eigenvalue weighted by atomic mass is 32.2. The summed E-state index contributed by atoms with van der Waals surface area (Å²) in [6, 6.07) is 13.3. The van der Waals surface area contributed by atoms with E-state index >= 15 is 0 Å². The molecule has 12 heteroatoms. The zero-order valence-electron chi connectivity index (χ0n) is 28.3. The van der Waals surface area contributed by atoms with Gasteiger partial charge in [0, 0.05) is 43.1 Å². The van der Waals surface area contributed by atoms with E-state index in [4.69, 9.17) is 9.47 Å². The van der Waals surface area contributed by atoms with E-state index in [9.17, 15) is 18.0 Å². The van der Waals surface area contributed by atoms with Gasteiger partial charge < -0.3 is 19.7 Å². The number of carbonyl (C=O) groups is 2. The molecule has 1 saturated heterocycles. The molecule has 1 spiro atoms. The Morgan fingerprint density at radius 2 is 1.77 bits per heavy atom. The number of sulfonamides is 1. The van der Waals surface area contributed by atoms with Crippen LogP contribution in [-0.4, -0.2) is 66.6 Å². The molecule has 256 valence electrons. The number of amides is 2. The molecule has 2 aromatic carbocycles. The summed E-state index contributed by atoms with van der Waals surface area (Å²) in [4.78, 5) is 37.8. The van der Waals surface area contributed by atoms with Crippen molar-refractivity contribution in [3.05, 3.63) is 65.2 Å². The van der Waals surface area contributed by atoms with E-state index < -0.39 is 21.7 Å². The van der Waals surface area contributed by atoms with E-state index in [0.29, 0.717) is 36.5 Å². The SMILES string of the molecule is Cc1cccc(C)c1-c1cc2nc(n1)NS(=O)(=O)c1cccc(c1)C(=O)NC1(CCN(C(=O)COC3C[C@H](C)CCC3C(C)C)CC1)O2. The van der Waals surface area contributed by atoms with Gasteiger partial charge in [0.1, 0.15) is 6.61 Å². The maximum atomic E-state index is 13.6. The minimum absolute atomic E-state index is 0.0160. The zero-order valence-corrected chi connectivity index (χ0v) is 29.1. The molecule has 1 aromatic heterocycles. The van der Waals surface area contributed by atoms with E-state index in [2.05, 4.69) is 40.8 Å². The Kier molecular flexibility index (Phi) is 9.50. The number of aryl methyl sites for hydroxylation is 2. The Balaban J connectivity index is 1.28. The van der Waals surface area contributed by atoms with Gasteiger partial charge in [0.05, 0.1) is 16.7 Å². The largest absolute Gasteiger partial charge is 0.451 e. The summed E-state index contributed by atoms with van der Waals surface area (Å²) in [6.45, 7) is 11.3. The molecular formula is C36H45N5O6S. The molecule has 2 amide bonds. The number of ether oxygens (including phenoxy) is 2. The van der Waals surface area contributed by atoms with Crippen molar-refractivity contribution in [1.29, 1.82) is 0 Å². The summed E-state index contributed by atoms with van der Waals surface area (Å²) in [5.41, 5.74) is 2.12. The predicted molar refractivity (Wildman–Crippen MR) is 182 cm³/mol. The number of likely N-dealkylation sites (tertiary alicyclic amines) is 1. The van der Waals surface area contributed by atoms with Gasteiger partial charge in [0.2, 0.25) is 17.7 Å². The normalized spacial score (nSPS) is 23.3. The van der Waals surface area contributed by atoms with Crippen molar-refractivity contribution in [3.8, 4) is 17.1 Å². The fourth-order valence-corrected chi connectivity index (χ4v) is 8.27. The van der Waals surface area contributed by atoms with E-state index in [0.717, 1.165) is 29.5 Å². The van der Waals surface area contributed by atoms with E-state index in [-0.39, 0.29) is 53.7 Å². The second-order valence-corrected chi connectivity index (χ2v) is 15.6. The average molecular weight is 676 g/mol. The third-order valence-corrected chi connectivity index (χ3v) is 11.3. The second kappa shape index (κ2) is 13.5. The van der Waals surface area contributed by atoms with Crippen LogP contribution in [0.25, 0.3) is 11.3 Å². The van der Waals surface area contributed by atoms with Crippen LogP contribution in [0, 0.1) is 31.6 Å². The summed E-state index contributed by atoms with van der Waals surface area (Å²) in [5.74, 6) is 0.860. The Hall–Kier alpha value is -4.03. The molecule has 4 bridgehead atoms. The molecule has 2 unspecified atom stereocenters. The number of hydrogen-bond donors (Lipinski definition) is 2. The van der Waals surface area contributed by atoms with Crippen molar-refractivity contribution in [1.82, 2.24) is 20.2 Å². The number of benzene rings is 2. The van der Waals surface area contributed by atoms with Gasteiger partial charge in [-0.05, 0) is 73.8 Å². The lowest BCUT2D eigenvalue weighted by molar-refractivity contribution is -0.145. The van der Waals surface area contributed by atoms with Crippen molar-refractivity contribution in [2.24, 2.45) is 17.8 Å². The summed E-state index contributed by atoms with van der Waals surface area (Å²) in [5, 5.41) is 3.04. The van der Waals surface area contributed by atoms with Crippen molar-refractivity contribution in [2.45, 2.75) is 83.4 Å². The van der Waals surface area contributed by atoms with Crippen LogP contribution in [0.15, 0.2) is 53.4 Å². The molecule has 2 aliphatic heterocycles. The number of hydrogen-bond acceptors (Lipinski definition) is 8. The van der Waals surface area contributed by atoms with Crippen LogP contribution in [0.2, 0.25) is 0 Å². The van der Waals surface area contributed by atoms with Gasteiger partial charge in [-0.25, -0.2) is 18.1 Å². The third kappa shape index (κ3) is 7.19. The van der Waals surface area contributed by atoms with Gasteiger partial charge in [0.25, 0.3) is 15.9 Å². The highest BCUT2D eigenvalue weighted by Crippen LogP contribution is 2.36. The van der Waals surface area contributed by atoms with Gasteiger partial charge in [0.15, 0.2) is 5.72 Å². The number of nitrogens with zero attached hydrogens (tertiary/aromatic N) is 3. The number of fused-ring (bicyclic) bond motifs is 4. The van der Waals surface area contributed by atoms with Crippen LogP contribution < -0.4 is 14.8 Å². The zero-order chi connectivity index (χ0) is 34.2. The first-order valence-electron chi connectivity index (χ1n) is 16.8. The van der Waals surface area contributed by atoms with Crippen molar-refractivity contribution < 1.29 is 27.5 Å². The lowest BCUT2D eigenvalue weighted by Crippen LogP contribution is -2.60. The minimum atomic E-state index is -4.13.